The molecule has 0 aromatic heterocycles. The first-order chi connectivity index (χ1) is 10.3. The largest absolute Gasteiger partial charge is 0.416 e. The molecule has 2 rings (SSSR count). The van der Waals surface area contributed by atoms with Crippen molar-refractivity contribution in [3.63, 3.8) is 0 Å². The molecule has 0 fully saturated rings. The fourth-order valence-corrected chi connectivity index (χ4v) is 2.49. The van der Waals surface area contributed by atoms with E-state index < -0.39 is 34.9 Å². The molecule has 0 amide bonds. The van der Waals surface area contributed by atoms with Gasteiger partial charge in [-0.1, -0.05) is 42.5 Å². The molecule has 0 aliphatic rings. The second kappa shape index (κ2) is 5.04. The van der Waals surface area contributed by atoms with Gasteiger partial charge in [0.15, 0.2) is 0 Å². The Balaban J connectivity index is 3.03. The number of hydrogen-bond acceptors (Lipinski definition) is 0. The lowest BCUT2D eigenvalue weighted by Crippen LogP contribution is -2.63. The van der Waals surface area contributed by atoms with Gasteiger partial charge in [0, 0.05) is 0 Å². The van der Waals surface area contributed by atoms with E-state index in [0.29, 0.717) is 0 Å². The third kappa shape index (κ3) is 2.42. The van der Waals surface area contributed by atoms with Gasteiger partial charge in [0.1, 0.15) is 0 Å². The van der Waals surface area contributed by atoms with Gasteiger partial charge in [-0.25, -0.2) is 0 Å². The second-order valence-corrected chi connectivity index (χ2v) is 4.77. The molecule has 23 heavy (non-hydrogen) atoms. The maximum absolute atomic E-state index is 13.1. The number of benzene rings is 2. The van der Waals surface area contributed by atoms with Crippen LogP contribution in [-0.4, -0.2) is 18.5 Å². The standard InChI is InChI=1S/C14H7F9/c15-12(16,17)11(13(18,19)20,14(21,22)23)10-7-3-5-8-4-1-2-6-9(8)10/h1-7H. The summed E-state index contributed by atoms with van der Waals surface area (Å²) in [6.07, 6.45) is -19.9. The molecule has 2 aromatic carbocycles. The first-order valence-electron chi connectivity index (χ1n) is 6.02. The van der Waals surface area contributed by atoms with Crippen LogP contribution in [0.1, 0.15) is 5.56 Å². The SMILES string of the molecule is FC(F)(F)C(c1cccc2ccccc12)(C(F)(F)F)C(F)(F)F. The van der Waals surface area contributed by atoms with E-state index >= 15 is 0 Å². The van der Waals surface area contributed by atoms with Gasteiger partial charge in [-0.15, -0.1) is 0 Å². The van der Waals surface area contributed by atoms with Crippen molar-refractivity contribution < 1.29 is 39.5 Å². The molecule has 0 radical (unpaired) electrons. The van der Waals surface area contributed by atoms with Gasteiger partial charge in [0.25, 0.3) is 5.41 Å². The maximum atomic E-state index is 13.1. The zero-order valence-corrected chi connectivity index (χ0v) is 10.9. The summed E-state index contributed by atoms with van der Waals surface area (Å²) < 4.78 is 118. The van der Waals surface area contributed by atoms with Gasteiger partial charge in [-0.3, -0.25) is 0 Å². The van der Waals surface area contributed by atoms with Gasteiger partial charge in [-0.2, -0.15) is 39.5 Å². The third-order valence-electron chi connectivity index (χ3n) is 3.47. The summed E-state index contributed by atoms with van der Waals surface area (Å²) in [5.74, 6) is 0. The zero-order chi connectivity index (χ0) is 17.7. The van der Waals surface area contributed by atoms with Crippen LogP contribution in [0.4, 0.5) is 39.5 Å². The number of rotatable bonds is 1. The average molecular weight is 346 g/mol. The van der Waals surface area contributed by atoms with Crippen LogP contribution in [0.25, 0.3) is 10.8 Å². The molecule has 0 unspecified atom stereocenters. The van der Waals surface area contributed by atoms with E-state index in [9.17, 15) is 39.5 Å². The molecular weight excluding hydrogens is 339 g/mol. The predicted molar refractivity (Wildman–Crippen MR) is 63.8 cm³/mol. The molecule has 0 nitrogen and oxygen atoms in total. The lowest BCUT2D eigenvalue weighted by atomic mass is 9.76. The van der Waals surface area contributed by atoms with Crippen LogP contribution in [0.15, 0.2) is 42.5 Å². The molecule has 126 valence electrons. The van der Waals surface area contributed by atoms with Crippen molar-refractivity contribution in [1.29, 1.82) is 0 Å². The highest BCUT2D eigenvalue weighted by molar-refractivity contribution is 5.87. The maximum Gasteiger partial charge on any atom is 0.416 e. The fourth-order valence-electron chi connectivity index (χ4n) is 2.49. The Morgan fingerprint density at radius 1 is 0.522 bits per heavy atom. The van der Waals surface area contributed by atoms with Crippen LogP contribution in [0.3, 0.4) is 0 Å². The minimum atomic E-state index is -6.62. The third-order valence-corrected chi connectivity index (χ3v) is 3.47. The Hall–Kier alpha value is -1.93. The molecule has 0 atom stereocenters. The van der Waals surface area contributed by atoms with E-state index in [4.69, 9.17) is 0 Å². The number of halogens is 9. The molecule has 0 heterocycles. The molecule has 0 spiro atoms. The molecule has 0 aliphatic heterocycles. The smallest absolute Gasteiger partial charge is 0.169 e. The molecular formula is C14H7F9. The summed E-state index contributed by atoms with van der Waals surface area (Å²) in [7, 11) is 0. The van der Waals surface area contributed by atoms with E-state index in [1.807, 2.05) is 0 Å². The van der Waals surface area contributed by atoms with E-state index in [-0.39, 0.29) is 11.5 Å². The lowest BCUT2D eigenvalue weighted by Gasteiger charge is -2.39. The first-order valence-corrected chi connectivity index (χ1v) is 6.02. The topological polar surface area (TPSA) is 0 Å². The summed E-state index contributed by atoms with van der Waals surface area (Å²) in [6, 6.07) is 6.36. The molecule has 0 saturated carbocycles. The molecule has 0 aliphatic carbocycles. The number of hydrogen-bond donors (Lipinski definition) is 0. The van der Waals surface area contributed by atoms with Gasteiger partial charge in [0.2, 0.25) is 0 Å². The summed E-state index contributed by atoms with van der Waals surface area (Å²) in [6.45, 7) is 0. The highest BCUT2D eigenvalue weighted by Crippen LogP contribution is 2.61. The van der Waals surface area contributed by atoms with Gasteiger partial charge in [-0.05, 0) is 16.3 Å². The van der Waals surface area contributed by atoms with Gasteiger partial charge >= 0.3 is 18.5 Å². The van der Waals surface area contributed by atoms with Gasteiger partial charge < -0.3 is 0 Å². The molecule has 0 saturated heterocycles. The Morgan fingerprint density at radius 3 is 1.43 bits per heavy atom. The Kier molecular flexibility index (Phi) is 3.82. The summed E-state index contributed by atoms with van der Waals surface area (Å²) in [5.41, 5.74) is -7.85. The van der Waals surface area contributed by atoms with Crippen LogP contribution >= 0.6 is 0 Å². The number of alkyl halides is 9. The lowest BCUT2D eigenvalue weighted by molar-refractivity contribution is -0.386. The van der Waals surface area contributed by atoms with Crippen LogP contribution in [0.2, 0.25) is 0 Å². The van der Waals surface area contributed by atoms with Crippen LogP contribution in [-0.2, 0) is 5.41 Å². The summed E-state index contributed by atoms with van der Waals surface area (Å²) in [4.78, 5) is 0. The summed E-state index contributed by atoms with van der Waals surface area (Å²) >= 11 is 0. The Morgan fingerprint density at radius 2 is 0.957 bits per heavy atom. The highest BCUT2D eigenvalue weighted by atomic mass is 19.4. The van der Waals surface area contributed by atoms with Crippen LogP contribution < -0.4 is 0 Å². The van der Waals surface area contributed by atoms with E-state index in [0.717, 1.165) is 30.3 Å². The first kappa shape index (κ1) is 17.4. The van der Waals surface area contributed by atoms with E-state index in [1.165, 1.54) is 6.07 Å². The number of fused-ring (bicyclic) bond motifs is 1. The van der Waals surface area contributed by atoms with E-state index in [1.54, 1.807) is 0 Å². The second-order valence-electron chi connectivity index (χ2n) is 4.77. The fraction of sp³-hybridized carbons (Fsp3) is 0.286. The zero-order valence-electron chi connectivity index (χ0n) is 10.9. The molecule has 2 aromatic rings. The van der Waals surface area contributed by atoms with Crippen LogP contribution in [0, 0.1) is 0 Å². The Labute approximate surface area is 123 Å². The molecule has 9 heteroatoms. The predicted octanol–water partition coefficient (Wildman–Crippen LogP) is 5.76. The Bertz CT molecular complexity index is 665. The normalized spacial score (nSPS) is 14.3. The summed E-state index contributed by atoms with van der Waals surface area (Å²) in [5, 5.41) is -0.922. The molecule has 0 N–H and O–H groups in total. The van der Waals surface area contributed by atoms with Crippen molar-refractivity contribution in [3.05, 3.63) is 48.0 Å². The van der Waals surface area contributed by atoms with Crippen LogP contribution in [0.5, 0.6) is 0 Å². The monoisotopic (exact) mass is 346 g/mol. The van der Waals surface area contributed by atoms with Gasteiger partial charge in [0.05, 0.1) is 0 Å². The minimum absolute atomic E-state index is 0.160. The van der Waals surface area contributed by atoms with Crippen molar-refractivity contribution in [2.24, 2.45) is 0 Å². The van der Waals surface area contributed by atoms with Crippen molar-refractivity contribution in [2.75, 3.05) is 0 Å². The van der Waals surface area contributed by atoms with Crippen molar-refractivity contribution >= 4 is 10.8 Å². The van der Waals surface area contributed by atoms with E-state index in [2.05, 4.69) is 0 Å². The van der Waals surface area contributed by atoms with Crippen molar-refractivity contribution in [3.8, 4) is 0 Å². The quantitative estimate of drug-likeness (QED) is 0.576. The van der Waals surface area contributed by atoms with Crippen molar-refractivity contribution in [1.82, 2.24) is 0 Å². The highest BCUT2D eigenvalue weighted by Gasteiger charge is 2.84. The molecule has 0 bridgehead atoms. The van der Waals surface area contributed by atoms with Crippen molar-refractivity contribution in [2.45, 2.75) is 23.9 Å². The average Bonchev–Trinajstić information content (AvgIpc) is 2.34. The minimum Gasteiger partial charge on any atom is -0.169 e.